The van der Waals surface area contributed by atoms with Crippen molar-refractivity contribution in [3.05, 3.63) is 46.5 Å². The summed E-state index contributed by atoms with van der Waals surface area (Å²) in [6.07, 6.45) is 5.89. The second-order valence-electron chi connectivity index (χ2n) is 5.22. The quantitative estimate of drug-likeness (QED) is 0.320. The molecule has 0 aliphatic rings. The Morgan fingerprint density at radius 2 is 2.39 bits per heavy atom. The lowest BCUT2D eigenvalue weighted by atomic mass is 10.3. The van der Waals surface area contributed by atoms with Crippen molar-refractivity contribution in [2.75, 3.05) is 0 Å². The second-order valence-corrected chi connectivity index (χ2v) is 6.22. The highest BCUT2D eigenvalue weighted by Gasteiger charge is 2.09. The number of nitrogens with two attached hydrogens (primary N) is 1. The van der Waals surface area contributed by atoms with Crippen molar-refractivity contribution in [2.45, 2.75) is 13.5 Å². The van der Waals surface area contributed by atoms with E-state index in [0.29, 0.717) is 12.4 Å². The number of fused-ring (bicyclic) bond motifs is 1. The van der Waals surface area contributed by atoms with Crippen LogP contribution in [-0.4, -0.2) is 21.5 Å². The van der Waals surface area contributed by atoms with Crippen molar-refractivity contribution in [3.63, 3.8) is 0 Å². The number of aryl methyl sites for hydroxylation is 1. The molecule has 7 nitrogen and oxygen atoms in total. The minimum Gasteiger partial charge on any atom is -0.382 e. The third-order valence-electron chi connectivity index (χ3n) is 3.31. The van der Waals surface area contributed by atoms with E-state index < -0.39 is 0 Å². The first-order valence-electron chi connectivity index (χ1n) is 7.01. The van der Waals surface area contributed by atoms with Crippen molar-refractivity contribution in [2.24, 2.45) is 17.9 Å². The molecule has 0 spiro atoms. The van der Waals surface area contributed by atoms with E-state index in [1.54, 1.807) is 11.3 Å². The first-order chi connectivity index (χ1) is 11.0. The van der Waals surface area contributed by atoms with Crippen molar-refractivity contribution >= 4 is 34.0 Å². The zero-order chi connectivity index (χ0) is 16.4. The Bertz CT molecular complexity index is 894. The zero-order valence-corrected chi connectivity index (χ0v) is 13.7. The van der Waals surface area contributed by atoms with Crippen LogP contribution in [0, 0.1) is 0 Å². The Morgan fingerprint density at radius 1 is 1.57 bits per heavy atom. The van der Waals surface area contributed by atoms with Gasteiger partial charge in [0.05, 0.1) is 23.6 Å². The molecule has 0 atom stereocenters. The number of nitrogens with zero attached hydrogens (tertiary/aromatic N) is 4. The van der Waals surface area contributed by atoms with Crippen LogP contribution in [0.5, 0.6) is 0 Å². The summed E-state index contributed by atoms with van der Waals surface area (Å²) in [5.74, 6) is 0.0413. The van der Waals surface area contributed by atoms with Crippen LogP contribution in [0.1, 0.15) is 17.4 Å². The molecule has 0 saturated heterocycles. The highest BCUT2D eigenvalue weighted by molar-refractivity contribution is 7.10. The van der Waals surface area contributed by atoms with E-state index in [9.17, 15) is 4.79 Å². The Hall–Kier alpha value is -2.74. The van der Waals surface area contributed by atoms with Gasteiger partial charge in [0.2, 0.25) is 5.91 Å². The first-order valence-corrected chi connectivity index (χ1v) is 7.89. The topological polar surface area (TPSA) is 89.2 Å². The van der Waals surface area contributed by atoms with Crippen LogP contribution in [0.25, 0.3) is 10.9 Å². The van der Waals surface area contributed by atoms with Crippen molar-refractivity contribution in [1.82, 2.24) is 15.2 Å². The number of pyridine rings is 1. The Labute approximate surface area is 137 Å². The highest BCUT2D eigenvalue weighted by Crippen LogP contribution is 2.18. The number of aromatic nitrogens is 3. The van der Waals surface area contributed by atoms with E-state index in [1.165, 1.54) is 6.92 Å². The van der Waals surface area contributed by atoms with Gasteiger partial charge in [-0.25, -0.2) is 9.99 Å². The van der Waals surface area contributed by atoms with Gasteiger partial charge in [0.1, 0.15) is 7.05 Å². The minimum absolute atomic E-state index is 0.250. The van der Waals surface area contributed by atoms with Gasteiger partial charge in [-0.1, -0.05) is 0 Å². The highest BCUT2D eigenvalue weighted by atomic mass is 32.1. The molecular formula is C15H17N6OS+. The van der Waals surface area contributed by atoms with Gasteiger partial charge in [-0.2, -0.15) is 10.2 Å². The summed E-state index contributed by atoms with van der Waals surface area (Å²) in [7, 11) is 1.99. The van der Waals surface area contributed by atoms with Gasteiger partial charge in [0, 0.05) is 28.8 Å². The first kappa shape index (κ1) is 15.2. The maximum absolute atomic E-state index is 10.9. The molecular weight excluding hydrogens is 312 g/mol. The van der Waals surface area contributed by atoms with Crippen LogP contribution in [0.4, 0.5) is 0 Å². The largest absolute Gasteiger partial charge is 0.382 e. The van der Waals surface area contributed by atoms with Crippen LogP contribution >= 0.6 is 11.3 Å². The number of thiophene rings is 1. The van der Waals surface area contributed by atoms with Crippen molar-refractivity contribution < 1.29 is 9.36 Å². The monoisotopic (exact) mass is 329 g/mol. The van der Waals surface area contributed by atoms with Gasteiger partial charge in [-0.15, -0.1) is 11.3 Å². The molecule has 0 aliphatic heterocycles. The molecule has 0 fully saturated rings. The molecule has 3 aromatic rings. The molecule has 23 heavy (non-hydrogen) atoms. The molecule has 0 bridgehead atoms. The third kappa shape index (κ3) is 3.37. The van der Waals surface area contributed by atoms with Gasteiger partial charge in [0.25, 0.3) is 0 Å². The van der Waals surface area contributed by atoms with Crippen LogP contribution < -0.4 is 15.7 Å². The van der Waals surface area contributed by atoms with E-state index in [1.807, 2.05) is 52.4 Å². The predicted molar refractivity (Wildman–Crippen MR) is 88.9 cm³/mol. The lowest BCUT2D eigenvalue weighted by Gasteiger charge is -2.00. The average Bonchev–Trinajstić information content (AvgIpc) is 3.12. The van der Waals surface area contributed by atoms with Crippen LogP contribution in [-0.2, 0) is 18.4 Å². The number of rotatable bonds is 4. The Morgan fingerprint density at radius 3 is 3.17 bits per heavy atom. The van der Waals surface area contributed by atoms with Gasteiger partial charge in [-0.05, 0) is 6.07 Å². The summed E-state index contributed by atoms with van der Waals surface area (Å²) in [5.41, 5.74) is 10.1. The zero-order valence-electron chi connectivity index (χ0n) is 12.9. The normalized spacial score (nSPS) is 11.8. The standard InChI is InChI=1S/C15H16N6OS/c1-10(22)18-19-15(16)11-5-13(23-9-11)8-21-14-3-4-20(2)7-12(14)6-17-21/h3-7,9H,8H2,1-2H3,(H2-,16,18,19,22)/p+1. The lowest BCUT2D eigenvalue weighted by Crippen LogP contribution is -2.25. The average molecular weight is 329 g/mol. The number of carbonyl (C=O) groups is 1. The molecule has 0 aliphatic carbocycles. The minimum atomic E-state index is -0.250. The van der Waals surface area contributed by atoms with E-state index in [2.05, 4.69) is 15.6 Å². The van der Waals surface area contributed by atoms with Gasteiger partial charge < -0.3 is 5.73 Å². The van der Waals surface area contributed by atoms with E-state index in [-0.39, 0.29) is 5.91 Å². The number of nitrogens with one attached hydrogen (secondary N) is 1. The van der Waals surface area contributed by atoms with Crippen molar-refractivity contribution in [3.8, 4) is 0 Å². The van der Waals surface area contributed by atoms with Crippen molar-refractivity contribution in [1.29, 1.82) is 0 Å². The van der Waals surface area contributed by atoms with Crippen LogP contribution in [0.2, 0.25) is 0 Å². The summed E-state index contributed by atoms with van der Waals surface area (Å²) in [5, 5.41) is 11.3. The molecule has 118 valence electrons. The maximum Gasteiger partial charge on any atom is 0.237 e. The fourth-order valence-corrected chi connectivity index (χ4v) is 3.08. The van der Waals surface area contributed by atoms with E-state index in [4.69, 9.17) is 5.73 Å². The smallest absolute Gasteiger partial charge is 0.237 e. The fourth-order valence-electron chi connectivity index (χ4n) is 2.22. The molecule has 1 amide bonds. The van der Waals surface area contributed by atoms with Gasteiger partial charge in [-0.3, -0.25) is 9.48 Å². The molecule has 0 unspecified atom stereocenters. The SMILES string of the molecule is CC(=O)NN=C(N)c1csc(Cn2ncc3c[n+](C)ccc32)c1. The molecule has 8 heteroatoms. The Balaban J connectivity index is 1.80. The molecule has 0 aromatic carbocycles. The van der Waals surface area contributed by atoms with Crippen LogP contribution in [0.15, 0.2) is 41.2 Å². The van der Waals surface area contributed by atoms with Gasteiger partial charge >= 0.3 is 0 Å². The Kier molecular flexibility index (Phi) is 4.07. The summed E-state index contributed by atoms with van der Waals surface area (Å²) in [6, 6.07) is 4.01. The fraction of sp³-hybridized carbons (Fsp3) is 0.200. The summed E-state index contributed by atoms with van der Waals surface area (Å²) in [6.45, 7) is 2.05. The molecule has 3 N–H and O–H groups in total. The lowest BCUT2D eigenvalue weighted by molar-refractivity contribution is -0.670. The number of amides is 1. The molecule has 3 rings (SSSR count). The number of carbonyl (C=O) groups excluding carboxylic acids is 1. The number of hydrogen-bond acceptors (Lipinski definition) is 4. The molecule has 0 radical (unpaired) electrons. The predicted octanol–water partition coefficient (Wildman–Crippen LogP) is 0.727. The summed E-state index contributed by atoms with van der Waals surface area (Å²) >= 11 is 1.58. The number of hydrazone groups is 1. The van der Waals surface area contributed by atoms with E-state index >= 15 is 0 Å². The third-order valence-corrected chi connectivity index (χ3v) is 4.23. The second kappa shape index (κ2) is 6.17. The molecule has 3 heterocycles. The summed E-state index contributed by atoms with van der Waals surface area (Å²) in [4.78, 5) is 12.0. The number of hydrogen-bond donors (Lipinski definition) is 2. The molecule has 0 saturated carbocycles. The van der Waals surface area contributed by atoms with Crippen LogP contribution in [0.3, 0.4) is 0 Å². The maximum atomic E-state index is 10.9. The van der Waals surface area contributed by atoms with E-state index in [0.717, 1.165) is 21.3 Å². The molecule has 3 aromatic heterocycles. The number of amidine groups is 1. The van der Waals surface area contributed by atoms with Gasteiger partial charge in [0.15, 0.2) is 18.2 Å². The summed E-state index contributed by atoms with van der Waals surface area (Å²) < 4.78 is 3.95.